The molecule has 0 aromatic rings. The van der Waals surface area contributed by atoms with E-state index in [2.05, 4.69) is 61.1 Å². The molecule has 0 bridgehead atoms. The van der Waals surface area contributed by atoms with E-state index in [1.165, 1.54) is 44.9 Å². The van der Waals surface area contributed by atoms with Gasteiger partial charge < -0.3 is 0 Å². The fourth-order valence-corrected chi connectivity index (χ4v) is 8.59. The Bertz CT molecular complexity index is 655. The van der Waals surface area contributed by atoms with Gasteiger partial charge in [0.05, 0.1) is 0 Å². The van der Waals surface area contributed by atoms with Crippen LogP contribution >= 0.6 is 0 Å². The fourth-order valence-electron chi connectivity index (χ4n) is 8.59. The van der Waals surface area contributed by atoms with Crippen LogP contribution in [0.5, 0.6) is 0 Å². The van der Waals surface area contributed by atoms with Gasteiger partial charge in [-0.2, -0.15) is 0 Å². The Kier molecular flexibility index (Phi) is 4.57. The molecule has 0 N–H and O–H groups in total. The Labute approximate surface area is 169 Å². The van der Waals surface area contributed by atoms with Gasteiger partial charge in [-0.25, -0.2) is 0 Å². The number of allylic oxidation sites excluding steroid dienone is 3. The molecular formula is C27H44. The molecule has 0 spiro atoms. The lowest BCUT2D eigenvalue weighted by Crippen LogP contribution is -2.56. The highest BCUT2D eigenvalue weighted by Gasteiger charge is 2.67. The van der Waals surface area contributed by atoms with Gasteiger partial charge in [0.15, 0.2) is 0 Å². The molecule has 27 heavy (non-hydrogen) atoms. The second-order valence-corrected chi connectivity index (χ2v) is 11.8. The van der Waals surface area contributed by atoms with Crippen LogP contribution in [0.25, 0.3) is 0 Å². The first-order valence-electron chi connectivity index (χ1n) is 12.0. The first kappa shape index (κ1) is 19.8. The van der Waals surface area contributed by atoms with Crippen LogP contribution in [0.4, 0.5) is 0 Å². The zero-order valence-corrected chi connectivity index (χ0v) is 19.2. The Morgan fingerprint density at radius 1 is 1.11 bits per heavy atom. The van der Waals surface area contributed by atoms with Gasteiger partial charge in [0.2, 0.25) is 0 Å². The van der Waals surface area contributed by atoms with Gasteiger partial charge in [0, 0.05) is 0 Å². The third-order valence-corrected chi connectivity index (χ3v) is 10.8. The number of hydrogen-bond acceptors (Lipinski definition) is 0. The molecule has 0 heteroatoms. The van der Waals surface area contributed by atoms with Crippen LogP contribution in [0.1, 0.15) is 93.4 Å². The lowest BCUT2D eigenvalue weighted by Gasteiger charge is -2.63. The largest absolute Gasteiger partial charge is 0.0993 e. The first-order chi connectivity index (χ1) is 12.6. The molecule has 0 nitrogen and oxygen atoms in total. The van der Waals surface area contributed by atoms with Crippen molar-refractivity contribution >= 4 is 0 Å². The van der Waals surface area contributed by atoms with Gasteiger partial charge in [0.1, 0.15) is 0 Å². The van der Waals surface area contributed by atoms with E-state index in [-0.39, 0.29) is 0 Å². The first-order valence-corrected chi connectivity index (χ1v) is 12.0. The second kappa shape index (κ2) is 6.24. The summed E-state index contributed by atoms with van der Waals surface area (Å²) < 4.78 is 0. The lowest BCUT2D eigenvalue weighted by atomic mass is 9.41. The monoisotopic (exact) mass is 368 g/mol. The topological polar surface area (TPSA) is 0 Å². The van der Waals surface area contributed by atoms with Crippen molar-refractivity contribution in [1.82, 2.24) is 0 Å². The summed E-state index contributed by atoms with van der Waals surface area (Å²) in [6.07, 6.45) is 12.4. The lowest BCUT2D eigenvalue weighted by molar-refractivity contribution is -0.0964. The molecule has 152 valence electrons. The van der Waals surface area contributed by atoms with Gasteiger partial charge in [-0.1, -0.05) is 72.3 Å². The van der Waals surface area contributed by atoms with E-state index < -0.39 is 0 Å². The average molecular weight is 369 g/mol. The Balaban J connectivity index is 1.87. The van der Waals surface area contributed by atoms with Crippen molar-refractivity contribution in [2.24, 2.45) is 51.8 Å². The average Bonchev–Trinajstić information content (AvgIpc) is 3.28. The minimum Gasteiger partial charge on any atom is -0.0993 e. The normalized spacial score (nSPS) is 55.2. The summed E-state index contributed by atoms with van der Waals surface area (Å²) in [5.41, 5.74) is 4.62. The van der Waals surface area contributed by atoms with Crippen molar-refractivity contribution < 1.29 is 0 Å². The Hall–Kier alpha value is -0.520. The van der Waals surface area contributed by atoms with Crippen molar-refractivity contribution in [1.29, 1.82) is 0 Å². The molecule has 9 atom stereocenters. The van der Waals surface area contributed by atoms with E-state index in [1.54, 1.807) is 5.57 Å². The number of rotatable bonds is 3. The molecule has 0 aromatic heterocycles. The van der Waals surface area contributed by atoms with Crippen LogP contribution in [0.3, 0.4) is 0 Å². The van der Waals surface area contributed by atoms with E-state index in [0.29, 0.717) is 16.2 Å². The van der Waals surface area contributed by atoms with E-state index in [9.17, 15) is 0 Å². The molecule has 4 rings (SSSR count). The fraction of sp³-hybridized carbons (Fsp3) is 0.852. The van der Waals surface area contributed by atoms with E-state index in [1.807, 2.05) is 5.57 Å². The van der Waals surface area contributed by atoms with Crippen LogP contribution in [0.2, 0.25) is 0 Å². The number of fused-ring (bicyclic) bond motifs is 1. The molecule has 0 aliphatic heterocycles. The molecule has 4 aliphatic rings. The van der Waals surface area contributed by atoms with Crippen LogP contribution < -0.4 is 0 Å². The number of hydrogen-bond donors (Lipinski definition) is 0. The summed E-state index contributed by atoms with van der Waals surface area (Å²) >= 11 is 0. The van der Waals surface area contributed by atoms with E-state index >= 15 is 0 Å². The Morgan fingerprint density at radius 3 is 2.37 bits per heavy atom. The molecule has 0 aromatic carbocycles. The summed E-state index contributed by atoms with van der Waals surface area (Å²) in [6, 6.07) is 0. The predicted octanol–water partition coefficient (Wildman–Crippen LogP) is 8.05. The zero-order valence-electron chi connectivity index (χ0n) is 19.2. The molecule has 0 amide bonds. The summed E-state index contributed by atoms with van der Waals surface area (Å²) in [7, 11) is 0. The molecule has 9 unspecified atom stereocenters. The summed E-state index contributed by atoms with van der Waals surface area (Å²) in [5.74, 6) is 5.06. The zero-order chi connectivity index (χ0) is 19.8. The summed E-state index contributed by atoms with van der Waals surface area (Å²) in [6.45, 7) is 22.5. The van der Waals surface area contributed by atoms with Crippen molar-refractivity contribution in [3.05, 3.63) is 23.8 Å². The predicted molar refractivity (Wildman–Crippen MR) is 117 cm³/mol. The highest BCUT2D eigenvalue weighted by atomic mass is 14.7. The maximum Gasteiger partial charge on any atom is -0.00848 e. The molecule has 4 aliphatic carbocycles. The minimum absolute atomic E-state index is 0.342. The maximum atomic E-state index is 4.60. The van der Waals surface area contributed by atoms with Crippen molar-refractivity contribution in [2.45, 2.75) is 93.4 Å². The van der Waals surface area contributed by atoms with Crippen molar-refractivity contribution in [3.63, 3.8) is 0 Å². The van der Waals surface area contributed by atoms with Gasteiger partial charge in [-0.3, -0.25) is 0 Å². The van der Waals surface area contributed by atoms with Gasteiger partial charge >= 0.3 is 0 Å². The smallest absolute Gasteiger partial charge is 0.00848 e. The van der Waals surface area contributed by atoms with Crippen LogP contribution in [0, 0.1) is 51.8 Å². The van der Waals surface area contributed by atoms with Crippen molar-refractivity contribution in [3.8, 4) is 0 Å². The molecule has 3 saturated carbocycles. The second-order valence-electron chi connectivity index (χ2n) is 11.8. The molecule has 0 saturated heterocycles. The van der Waals surface area contributed by atoms with Gasteiger partial charge in [-0.15, -0.1) is 0 Å². The van der Waals surface area contributed by atoms with Crippen molar-refractivity contribution in [2.75, 3.05) is 0 Å². The third-order valence-electron chi connectivity index (χ3n) is 10.8. The SMILES string of the molecule is C=C1CCC(C2(C3CC3C)C(C)C=C3CC(C)CCC3(C)C2C)C1(C)CC. The van der Waals surface area contributed by atoms with Gasteiger partial charge in [-0.05, 0) is 96.7 Å². The van der Waals surface area contributed by atoms with E-state index in [4.69, 9.17) is 0 Å². The maximum absolute atomic E-state index is 4.60. The third kappa shape index (κ3) is 2.47. The van der Waals surface area contributed by atoms with Crippen LogP contribution in [-0.4, -0.2) is 0 Å². The molecular weight excluding hydrogens is 324 g/mol. The summed E-state index contributed by atoms with van der Waals surface area (Å²) in [5, 5.41) is 0. The van der Waals surface area contributed by atoms with Crippen LogP contribution in [0.15, 0.2) is 23.8 Å². The standard InChI is InChI=1S/C27H44/c1-9-25(7)19(4)10-11-24(25)27(23-15-18(23)3)20(5)16-22-14-17(2)12-13-26(22,8)21(27)6/h16-18,20-21,23-24H,4,9-15H2,1-3,5-8H3. The minimum atomic E-state index is 0.342. The molecule has 0 radical (unpaired) electrons. The van der Waals surface area contributed by atoms with E-state index in [0.717, 1.165) is 35.5 Å². The quantitative estimate of drug-likeness (QED) is 0.442. The van der Waals surface area contributed by atoms with Crippen LogP contribution in [-0.2, 0) is 0 Å². The highest BCUT2D eigenvalue weighted by molar-refractivity contribution is 5.32. The summed E-state index contributed by atoms with van der Waals surface area (Å²) in [4.78, 5) is 0. The highest BCUT2D eigenvalue weighted by Crippen LogP contribution is 2.74. The van der Waals surface area contributed by atoms with Gasteiger partial charge in [0.25, 0.3) is 0 Å². The molecule has 0 heterocycles. The Morgan fingerprint density at radius 2 is 1.78 bits per heavy atom. The molecule has 3 fully saturated rings.